The molecule has 1 aliphatic carbocycles. The molecule has 1 aliphatic heterocycles. The van der Waals surface area contributed by atoms with E-state index in [1.807, 2.05) is 4.90 Å². The van der Waals surface area contributed by atoms with Gasteiger partial charge in [0.15, 0.2) is 0 Å². The molecule has 5 nitrogen and oxygen atoms in total. The van der Waals surface area contributed by atoms with Crippen LogP contribution in [0.25, 0.3) is 0 Å². The average Bonchev–Trinajstić information content (AvgIpc) is 2.73. The molecule has 1 N–H and O–H groups in total. The van der Waals surface area contributed by atoms with Gasteiger partial charge in [0.1, 0.15) is 0 Å². The molecule has 5 heteroatoms. The van der Waals surface area contributed by atoms with Gasteiger partial charge in [-0.1, -0.05) is 12.8 Å². The Bertz CT molecular complexity index is 327. The Balaban J connectivity index is 1.72. The maximum Gasteiger partial charge on any atom is 0.234 e. The van der Waals surface area contributed by atoms with E-state index in [0.717, 1.165) is 45.4 Å². The largest absolute Gasteiger partial charge is 0.352 e. The van der Waals surface area contributed by atoms with Gasteiger partial charge in [-0.05, 0) is 19.3 Å². The zero-order chi connectivity index (χ0) is 13.7. The molecule has 1 saturated heterocycles. The van der Waals surface area contributed by atoms with Crippen LogP contribution in [0.1, 0.15) is 39.0 Å². The Morgan fingerprint density at radius 1 is 1.05 bits per heavy atom. The number of amides is 2. The maximum absolute atomic E-state index is 12.0. The van der Waals surface area contributed by atoms with Gasteiger partial charge in [-0.15, -0.1) is 0 Å². The summed E-state index contributed by atoms with van der Waals surface area (Å²) in [6.45, 7) is 5.35. The van der Waals surface area contributed by atoms with Crippen molar-refractivity contribution in [2.24, 2.45) is 0 Å². The molecule has 2 fully saturated rings. The van der Waals surface area contributed by atoms with Crippen molar-refractivity contribution in [2.45, 2.75) is 45.1 Å². The first kappa shape index (κ1) is 14.3. The lowest BCUT2D eigenvalue weighted by Gasteiger charge is -2.21. The zero-order valence-corrected chi connectivity index (χ0v) is 11.9. The standard InChI is InChI=1S/C14H25N3O2/c1-12(18)17-8-4-7-16(9-10-17)11-14(19)15-13-5-2-3-6-13/h13H,2-11H2,1H3,(H,15,19). The number of hydrogen-bond acceptors (Lipinski definition) is 3. The summed E-state index contributed by atoms with van der Waals surface area (Å²) >= 11 is 0. The van der Waals surface area contributed by atoms with Crippen LogP contribution >= 0.6 is 0 Å². The third-order valence-corrected chi connectivity index (χ3v) is 4.12. The van der Waals surface area contributed by atoms with Gasteiger partial charge in [-0.2, -0.15) is 0 Å². The molecule has 108 valence electrons. The highest BCUT2D eigenvalue weighted by atomic mass is 16.2. The highest BCUT2D eigenvalue weighted by Crippen LogP contribution is 2.17. The minimum absolute atomic E-state index is 0.136. The first-order valence-electron chi connectivity index (χ1n) is 7.42. The molecule has 0 radical (unpaired) electrons. The summed E-state index contributed by atoms with van der Waals surface area (Å²) in [5, 5.41) is 3.12. The van der Waals surface area contributed by atoms with E-state index in [4.69, 9.17) is 0 Å². The number of nitrogens with zero attached hydrogens (tertiary/aromatic N) is 2. The van der Waals surface area contributed by atoms with Crippen LogP contribution in [0.15, 0.2) is 0 Å². The van der Waals surface area contributed by atoms with Crippen LogP contribution in [-0.4, -0.2) is 60.4 Å². The summed E-state index contributed by atoms with van der Waals surface area (Å²) in [5.74, 6) is 0.278. The highest BCUT2D eigenvalue weighted by molar-refractivity contribution is 5.78. The fourth-order valence-electron chi connectivity index (χ4n) is 2.99. The number of carbonyl (C=O) groups excluding carboxylic acids is 2. The summed E-state index contributed by atoms with van der Waals surface area (Å²) in [5.41, 5.74) is 0. The van der Waals surface area contributed by atoms with Gasteiger partial charge in [-0.3, -0.25) is 14.5 Å². The SMILES string of the molecule is CC(=O)N1CCCN(CC(=O)NC2CCCC2)CC1. The Hall–Kier alpha value is -1.10. The predicted molar refractivity (Wildman–Crippen MR) is 73.7 cm³/mol. The molecule has 2 rings (SSSR count). The second-order valence-electron chi connectivity index (χ2n) is 5.68. The van der Waals surface area contributed by atoms with E-state index in [-0.39, 0.29) is 11.8 Å². The predicted octanol–water partition coefficient (Wildman–Crippen LogP) is 0.599. The molecule has 19 heavy (non-hydrogen) atoms. The van der Waals surface area contributed by atoms with Gasteiger partial charge >= 0.3 is 0 Å². The van der Waals surface area contributed by atoms with Crippen LogP contribution in [0.3, 0.4) is 0 Å². The molecule has 0 aromatic heterocycles. The number of carbonyl (C=O) groups is 2. The van der Waals surface area contributed by atoms with Crippen LogP contribution in [0.4, 0.5) is 0 Å². The minimum Gasteiger partial charge on any atom is -0.352 e. The Morgan fingerprint density at radius 2 is 1.79 bits per heavy atom. The Labute approximate surface area is 115 Å². The van der Waals surface area contributed by atoms with Crippen LogP contribution in [0.5, 0.6) is 0 Å². The lowest BCUT2D eigenvalue weighted by atomic mass is 10.2. The van der Waals surface area contributed by atoms with Crippen LogP contribution in [0, 0.1) is 0 Å². The van der Waals surface area contributed by atoms with Gasteiger partial charge in [0, 0.05) is 39.1 Å². The van der Waals surface area contributed by atoms with Gasteiger partial charge in [-0.25, -0.2) is 0 Å². The van der Waals surface area contributed by atoms with E-state index in [9.17, 15) is 9.59 Å². The molecule has 0 bridgehead atoms. The van der Waals surface area contributed by atoms with Crippen LogP contribution < -0.4 is 5.32 Å². The molecular weight excluding hydrogens is 242 g/mol. The first-order valence-corrected chi connectivity index (χ1v) is 7.42. The average molecular weight is 267 g/mol. The van der Waals surface area contributed by atoms with Crippen molar-refractivity contribution in [3.8, 4) is 0 Å². The monoisotopic (exact) mass is 267 g/mol. The van der Waals surface area contributed by atoms with Gasteiger partial charge < -0.3 is 10.2 Å². The fourth-order valence-corrected chi connectivity index (χ4v) is 2.99. The summed E-state index contributed by atoms with van der Waals surface area (Å²) in [6, 6.07) is 0.396. The Kier molecular flexibility index (Phi) is 5.19. The smallest absolute Gasteiger partial charge is 0.234 e. The van der Waals surface area contributed by atoms with Crippen molar-refractivity contribution in [2.75, 3.05) is 32.7 Å². The molecule has 0 unspecified atom stereocenters. The summed E-state index contributed by atoms with van der Waals surface area (Å²) in [4.78, 5) is 27.3. The van der Waals surface area contributed by atoms with E-state index in [0.29, 0.717) is 12.6 Å². The second kappa shape index (κ2) is 6.89. The third kappa shape index (κ3) is 4.49. The lowest BCUT2D eigenvalue weighted by molar-refractivity contribution is -0.128. The van der Waals surface area contributed by atoms with Crippen LogP contribution in [0.2, 0.25) is 0 Å². The van der Waals surface area contributed by atoms with Crippen molar-refractivity contribution < 1.29 is 9.59 Å². The summed E-state index contributed by atoms with van der Waals surface area (Å²) in [7, 11) is 0. The van der Waals surface area contributed by atoms with E-state index >= 15 is 0 Å². The number of hydrogen-bond donors (Lipinski definition) is 1. The van der Waals surface area contributed by atoms with Crippen LogP contribution in [-0.2, 0) is 9.59 Å². The molecule has 1 heterocycles. The first-order chi connectivity index (χ1) is 9.15. The van der Waals surface area contributed by atoms with E-state index in [1.54, 1.807) is 6.92 Å². The van der Waals surface area contributed by atoms with Gasteiger partial charge in [0.05, 0.1) is 6.54 Å². The highest BCUT2D eigenvalue weighted by Gasteiger charge is 2.21. The molecule has 0 aromatic rings. The molecular formula is C14H25N3O2. The van der Waals surface area contributed by atoms with E-state index in [1.165, 1.54) is 12.8 Å². The third-order valence-electron chi connectivity index (χ3n) is 4.12. The van der Waals surface area contributed by atoms with Crippen molar-refractivity contribution in [3.63, 3.8) is 0 Å². The number of rotatable bonds is 3. The van der Waals surface area contributed by atoms with Crippen molar-refractivity contribution in [1.82, 2.24) is 15.1 Å². The molecule has 1 saturated carbocycles. The van der Waals surface area contributed by atoms with E-state index < -0.39 is 0 Å². The maximum atomic E-state index is 12.0. The fraction of sp³-hybridized carbons (Fsp3) is 0.857. The number of nitrogens with one attached hydrogen (secondary N) is 1. The van der Waals surface area contributed by atoms with Gasteiger partial charge in [0.2, 0.25) is 11.8 Å². The van der Waals surface area contributed by atoms with Crippen molar-refractivity contribution >= 4 is 11.8 Å². The van der Waals surface area contributed by atoms with Crippen molar-refractivity contribution in [3.05, 3.63) is 0 Å². The molecule has 0 atom stereocenters. The van der Waals surface area contributed by atoms with Crippen molar-refractivity contribution in [1.29, 1.82) is 0 Å². The topological polar surface area (TPSA) is 52.7 Å². The molecule has 2 aliphatic rings. The quantitative estimate of drug-likeness (QED) is 0.814. The molecule has 0 aromatic carbocycles. The summed E-state index contributed by atoms with van der Waals surface area (Å²) < 4.78 is 0. The molecule has 2 amide bonds. The lowest BCUT2D eigenvalue weighted by Crippen LogP contribution is -2.42. The molecule has 0 spiro atoms. The Morgan fingerprint density at radius 3 is 2.47 bits per heavy atom. The second-order valence-corrected chi connectivity index (χ2v) is 5.68. The van der Waals surface area contributed by atoms with E-state index in [2.05, 4.69) is 10.2 Å². The van der Waals surface area contributed by atoms with Gasteiger partial charge in [0.25, 0.3) is 0 Å². The minimum atomic E-state index is 0.136. The normalized spacial score (nSPS) is 22.3. The zero-order valence-electron chi connectivity index (χ0n) is 11.9. The summed E-state index contributed by atoms with van der Waals surface area (Å²) in [6.07, 6.45) is 5.69.